The standard InChI is InChI=1S/C7H4FN3O2/c8-5-1-2-6-9-3-7(11(12)13)10(6)4-5/h1-4H. The summed E-state index contributed by atoms with van der Waals surface area (Å²) < 4.78 is 13.8. The lowest BCUT2D eigenvalue weighted by atomic mass is 10.4. The lowest BCUT2D eigenvalue weighted by Gasteiger charge is -1.92. The largest absolute Gasteiger partial charge is 0.358 e. The second-order valence-electron chi connectivity index (χ2n) is 2.45. The Balaban J connectivity index is 2.79. The first-order chi connectivity index (χ1) is 6.18. The van der Waals surface area contributed by atoms with Crippen molar-refractivity contribution in [2.45, 2.75) is 0 Å². The van der Waals surface area contributed by atoms with Crippen LogP contribution < -0.4 is 0 Å². The topological polar surface area (TPSA) is 60.4 Å². The molecule has 13 heavy (non-hydrogen) atoms. The van der Waals surface area contributed by atoms with Crippen LogP contribution in [0.2, 0.25) is 0 Å². The second kappa shape index (κ2) is 2.51. The summed E-state index contributed by atoms with van der Waals surface area (Å²) in [6, 6.07) is 2.58. The van der Waals surface area contributed by atoms with Crippen LogP contribution in [0.5, 0.6) is 0 Å². The van der Waals surface area contributed by atoms with Gasteiger partial charge in [0.1, 0.15) is 12.4 Å². The molecule has 0 atom stereocenters. The molecular weight excluding hydrogens is 177 g/mol. The number of rotatable bonds is 1. The van der Waals surface area contributed by atoms with Gasteiger partial charge in [-0.05, 0) is 11.0 Å². The molecule has 0 unspecified atom stereocenters. The Morgan fingerprint density at radius 1 is 1.54 bits per heavy atom. The normalized spacial score (nSPS) is 10.5. The molecule has 0 radical (unpaired) electrons. The Hall–Kier alpha value is -1.98. The molecule has 2 aromatic heterocycles. The molecule has 2 aromatic rings. The van der Waals surface area contributed by atoms with Gasteiger partial charge in [-0.2, -0.15) is 4.40 Å². The number of pyridine rings is 1. The third kappa shape index (κ3) is 1.12. The van der Waals surface area contributed by atoms with Crippen LogP contribution in [-0.4, -0.2) is 14.3 Å². The van der Waals surface area contributed by atoms with E-state index in [4.69, 9.17) is 0 Å². The second-order valence-corrected chi connectivity index (χ2v) is 2.45. The highest BCUT2D eigenvalue weighted by atomic mass is 19.1. The molecule has 0 saturated carbocycles. The smallest absolute Gasteiger partial charge is 0.347 e. The molecule has 2 rings (SSSR count). The van der Waals surface area contributed by atoms with Crippen LogP contribution in [0.4, 0.5) is 10.2 Å². The van der Waals surface area contributed by atoms with Crippen LogP contribution in [0.3, 0.4) is 0 Å². The predicted octanol–water partition coefficient (Wildman–Crippen LogP) is 1.38. The fourth-order valence-electron chi connectivity index (χ4n) is 1.08. The Bertz CT molecular complexity index is 480. The number of nitro groups is 1. The summed E-state index contributed by atoms with van der Waals surface area (Å²) in [5.74, 6) is -0.775. The first kappa shape index (κ1) is 7.66. The van der Waals surface area contributed by atoms with Crippen LogP contribution in [0.15, 0.2) is 24.5 Å². The van der Waals surface area contributed by atoms with Crippen molar-refractivity contribution in [2.24, 2.45) is 0 Å². The fraction of sp³-hybridized carbons (Fsp3) is 0. The van der Waals surface area contributed by atoms with Crippen LogP contribution in [0, 0.1) is 15.9 Å². The fourth-order valence-corrected chi connectivity index (χ4v) is 1.08. The van der Waals surface area contributed by atoms with Crippen LogP contribution in [0.25, 0.3) is 5.65 Å². The van der Waals surface area contributed by atoms with Crippen molar-refractivity contribution in [3.63, 3.8) is 0 Å². The summed E-state index contributed by atoms with van der Waals surface area (Å²) in [5, 5.41) is 10.4. The Morgan fingerprint density at radius 3 is 3.00 bits per heavy atom. The monoisotopic (exact) mass is 181 g/mol. The van der Waals surface area contributed by atoms with Gasteiger partial charge in [-0.15, -0.1) is 0 Å². The van der Waals surface area contributed by atoms with Gasteiger partial charge in [-0.3, -0.25) is 0 Å². The van der Waals surface area contributed by atoms with Gasteiger partial charge in [0.25, 0.3) is 0 Å². The molecule has 0 aliphatic heterocycles. The average molecular weight is 181 g/mol. The van der Waals surface area contributed by atoms with Crippen molar-refractivity contribution < 1.29 is 9.31 Å². The first-order valence-corrected chi connectivity index (χ1v) is 3.45. The molecule has 0 aliphatic carbocycles. The van der Waals surface area contributed by atoms with Gasteiger partial charge >= 0.3 is 5.82 Å². The van der Waals surface area contributed by atoms with E-state index in [2.05, 4.69) is 4.98 Å². The van der Waals surface area contributed by atoms with E-state index in [1.54, 1.807) is 0 Å². The highest BCUT2D eigenvalue weighted by Gasteiger charge is 2.13. The number of imidazole rings is 1. The van der Waals surface area contributed by atoms with E-state index < -0.39 is 10.7 Å². The zero-order valence-corrected chi connectivity index (χ0v) is 6.35. The third-order valence-electron chi connectivity index (χ3n) is 1.64. The van der Waals surface area contributed by atoms with Gasteiger partial charge in [0.2, 0.25) is 5.65 Å². The molecule has 0 spiro atoms. The number of nitrogens with zero attached hydrogens (tertiary/aromatic N) is 3. The van der Waals surface area contributed by atoms with Crippen molar-refractivity contribution in [1.82, 2.24) is 9.38 Å². The molecule has 0 fully saturated rings. The summed E-state index contributed by atoms with van der Waals surface area (Å²) in [6.45, 7) is 0. The van der Waals surface area contributed by atoms with Crippen molar-refractivity contribution in [2.75, 3.05) is 0 Å². The minimum Gasteiger partial charge on any atom is -0.358 e. The molecular formula is C7H4FN3O2. The Kier molecular flexibility index (Phi) is 1.48. The van der Waals surface area contributed by atoms with Gasteiger partial charge in [-0.1, -0.05) is 0 Å². The summed E-state index contributed by atoms with van der Waals surface area (Å²) in [7, 11) is 0. The number of fused-ring (bicyclic) bond motifs is 1. The van der Waals surface area contributed by atoms with Gasteiger partial charge in [-0.25, -0.2) is 9.37 Å². The van der Waals surface area contributed by atoms with Gasteiger partial charge in [0.05, 0.1) is 0 Å². The average Bonchev–Trinajstić information content (AvgIpc) is 2.46. The third-order valence-corrected chi connectivity index (χ3v) is 1.64. The van der Waals surface area contributed by atoms with Gasteiger partial charge in [0, 0.05) is 6.07 Å². The number of aromatic nitrogens is 2. The van der Waals surface area contributed by atoms with E-state index >= 15 is 0 Å². The maximum atomic E-state index is 12.7. The molecule has 66 valence electrons. The summed E-state index contributed by atoms with van der Waals surface area (Å²) in [5.41, 5.74) is 0.355. The maximum Gasteiger partial charge on any atom is 0.347 e. The summed E-state index contributed by atoms with van der Waals surface area (Å²) in [6.07, 6.45) is 2.12. The minimum atomic E-state index is -0.612. The number of hydrogen-bond acceptors (Lipinski definition) is 3. The lowest BCUT2D eigenvalue weighted by molar-refractivity contribution is -0.390. The molecule has 0 N–H and O–H groups in total. The quantitative estimate of drug-likeness (QED) is 0.493. The molecule has 0 bridgehead atoms. The van der Waals surface area contributed by atoms with E-state index in [9.17, 15) is 14.5 Å². The highest BCUT2D eigenvalue weighted by molar-refractivity contribution is 5.44. The lowest BCUT2D eigenvalue weighted by Crippen LogP contribution is -1.94. The highest BCUT2D eigenvalue weighted by Crippen LogP contribution is 2.14. The van der Waals surface area contributed by atoms with Crippen molar-refractivity contribution in [3.05, 3.63) is 40.5 Å². The van der Waals surface area contributed by atoms with E-state index in [1.807, 2.05) is 0 Å². The molecule has 0 amide bonds. The van der Waals surface area contributed by atoms with E-state index in [-0.39, 0.29) is 5.82 Å². The van der Waals surface area contributed by atoms with Crippen LogP contribution >= 0.6 is 0 Å². The van der Waals surface area contributed by atoms with Crippen LogP contribution in [0.1, 0.15) is 0 Å². The Morgan fingerprint density at radius 2 is 2.31 bits per heavy atom. The van der Waals surface area contributed by atoms with Gasteiger partial charge in [0.15, 0.2) is 5.82 Å². The molecule has 5 nitrogen and oxygen atoms in total. The zero-order chi connectivity index (χ0) is 9.42. The molecule has 0 aromatic carbocycles. The van der Waals surface area contributed by atoms with E-state index in [0.29, 0.717) is 5.65 Å². The van der Waals surface area contributed by atoms with Gasteiger partial charge < -0.3 is 10.1 Å². The van der Waals surface area contributed by atoms with Crippen molar-refractivity contribution >= 4 is 11.5 Å². The molecule has 6 heteroatoms. The molecule has 0 saturated heterocycles. The predicted molar refractivity (Wildman–Crippen MR) is 41.8 cm³/mol. The van der Waals surface area contributed by atoms with E-state index in [0.717, 1.165) is 16.8 Å². The van der Waals surface area contributed by atoms with E-state index in [1.165, 1.54) is 12.1 Å². The van der Waals surface area contributed by atoms with Crippen molar-refractivity contribution in [1.29, 1.82) is 0 Å². The molecule has 2 heterocycles. The van der Waals surface area contributed by atoms with Crippen molar-refractivity contribution in [3.8, 4) is 0 Å². The summed E-state index contributed by atoms with van der Waals surface area (Å²) in [4.78, 5) is 13.5. The SMILES string of the molecule is O=[N+]([O-])c1cnc2ccc(F)cn12. The minimum absolute atomic E-state index is 0.241. The Labute approximate surface area is 71.6 Å². The first-order valence-electron chi connectivity index (χ1n) is 3.45. The number of halogens is 1. The summed E-state index contributed by atoms with van der Waals surface area (Å²) >= 11 is 0. The van der Waals surface area contributed by atoms with Crippen LogP contribution in [-0.2, 0) is 0 Å². The maximum absolute atomic E-state index is 12.7. The molecule has 0 aliphatic rings. The number of hydrogen-bond donors (Lipinski definition) is 0. The zero-order valence-electron chi connectivity index (χ0n) is 6.35.